The minimum Gasteiger partial charge on any atom is -0.335 e. The molecule has 3 atom stereocenters. The second-order valence-electron chi connectivity index (χ2n) is 11.4. The molecule has 3 aromatic rings. The van der Waals surface area contributed by atoms with Crippen LogP contribution in [0.5, 0.6) is 0 Å². The van der Waals surface area contributed by atoms with Crippen molar-refractivity contribution in [3.05, 3.63) is 48.0 Å². The zero-order valence-electron chi connectivity index (χ0n) is 20.2. The van der Waals surface area contributed by atoms with Gasteiger partial charge in [0.2, 0.25) is 0 Å². The molecular weight excluding hydrogens is 393 g/mol. The van der Waals surface area contributed by atoms with Crippen LogP contribution in [-0.4, -0.2) is 10.7 Å². The van der Waals surface area contributed by atoms with Gasteiger partial charge in [0, 0.05) is 27.3 Å². The normalized spacial score (nSPS) is 32.5. The molecule has 2 heteroatoms. The van der Waals surface area contributed by atoms with Crippen molar-refractivity contribution >= 4 is 21.8 Å². The van der Waals surface area contributed by atoms with Gasteiger partial charge in [-0.1, -0.05) is 63.8 Å². The summed E-state index contributed by atoms with van der Waals surface area (Å²) in [5.74, 6) is 1.69. The molecule has 2 aliphatic rings. The van der Waals surface area contributed by atoms with Gasteiger partial charge >= 0.3 is 0 Å². The fourth-order valence-electron chi connectivity index (χ4n) is 6.96. The molecule has 0 spiro atoms. The lowest BCUT2D eigenvalue weighted by atomic mass is 9.82. The Morgan fingerprint density at radius 1 is 0.844 bits per heavy atom. The van der Waals surface area contributed by atoms with Gasteiger partial charge in [0.25, 0.3) is 0 Å². The summed E-state index contributed by atoms with van der Waals surface area (Å²) in [5, 5.41) is 2.75. The Morgan fingerprint density at radius 2 is 1.56 bits per heavy atom. The van der Waals surface area contributed by atoms with Crippen LogP contribution in [0, 0.1) is 11.8 Å². The lowest BCUT2D eigenvalue weighted by Crippen LogP contribution is -2.32. The van der Waals surface area contributed by atoms with Crippen LogP contribution >= 0.6 is 0 Å². The summed E-state index contributed by atoms with van der Waals surface area (Å²) in [5.41, 5.74) is 4.14. The molecule has 2 saturated carbocycles. The van der Waals surface area contributed by atoms with Gasteiger partial charge in [-0.25, -0.2) is 4.39 Å². The summed E-state index contributed by atoms with van der Waals surface area (Å²) >= 11 is 0. The van der Waals surface area contributed by atoms with Gasteiger partial charge in [-0.2, -0.15) is 0 Å². The topological polar surface area (TPSA) is 4.93 Å². The van der Waals surface area contributed by atoms with Crippen molar-refractivity contribution < 1.29 is 4.39 Å². The highest BCUT2D eigenvalue weighted by Crippen LogP contribution is 2.44. The number of hydrogen-bond acceptors (Lipinski definition) is 0. The number of nitrogens with zero attached hydrogens (tertiary/aromatic N) is 1. The molecule has 32 heavy (non-hydrogen) atoms. The molecular formula is C30H40FN. The van der Waals surface area contributed by atoms with Crippen LogP contribution in [0.1, 0.15) is 96.5 Å². The summed E-state index contributed by atoms with van der Waals surface area (Å²) < 4.78 is 17.2. The first-order valence-corrected chi connectivity index (χ1v) is 13.1. The van der Waals surface area contributed by atoms with Crippen molar-refractivity contribution in [2.75, 3.05) is 0 Å². The van der Waals surface area contributed by atoms with E-state index in [0.29, 0.717) is 12.3 Å². The zero-order valence-corrected chi connectivity index (χ0v) is 20.2. The molecule has 0 aliphatic heterocycles. The zero-order chi connectivity index (χ0) is 22.3. The van der Waals surface area contributed by atoms with Crippen LogP contribution in [0.25, 0.3) is 21.8 Å². The largest absolute Gasteiger partial charge is 0.335 e. The van der Waals surface area contributed by atoms with E-state index in [4.69, 9.17) is 0 Å². The summed E-state index contributed by atoms with van der Waals surface area (Å²) in [7, 11) is 0. The van der Waals surface area contributed by atoms with Crippen LogP contribution in [0.15, 0.2) is 42.5 Å². The molecule has 0 amide bonds. The number of para-hydroxylation sites is 1. The first kappa shape index (κ1) is 22.0. The predicted molar refractivity (Wildman–Crippen MR) is 135 cm³/mol. The summed E-state index contributed by atoms with van der Waals surface area (Å²) in [6.07, 6.45) is 11.1. The SMILES string of the molecule is CC1CCCC(c2ccc3c(c2)c2ccccc2n3C2(C)CCCC(F)C(C)C2)CCC1. The van der Waals surface area contributed by atoms with E-state index in [1.54, 1.807) is 0 Å². The van der Waals surface area contributed by atoms with Gasteiger partial charge in [0.05, 0.1) is 0 Å². The highest BCUT2D eigenvalue weighted by Gasteiger charge is 2.36. The van der Waals surface area contributed by atoms with Crippen molar-refractivity contribution in [2.45, 2.75) is 103 Å². The van der Waals surface area contributed by atoms with E-state index in [-0.39, 0.29) is 11.5 Å². The first-order valence-electron chi connectivity index (χ1n) is 13.1. The molecule has 0 radical (unpaired) electrons. The highest BCUT2D eigenvalue weighted by atomic mass is 19.1. The van der Waals surface area contributed by atoms with E-state index in [1.165, 1.54) is 65.9 Å². The molecule has 1 nitrogen and oxygen atoms in total. The van der Waals surface area contributed by atoms with Crippen LogP contribution < -0.4 is 0 Å². The minimum atomic E-state index is -0.668. The standard InChI is InChI=1S/C30H40FN/c1-21-9-6-11-23(12-7-10-21)24-16-17-29-26(19-24)25-13-4-5-15-28(25)32(29)30(3)18-8-14-27(31)22(2)20-30/h4-5,13,15-17,19,21-23,27H,6-12,14,18,20H2,1-3H3. The second kappa shape index (κ2) is 8.84. The molecule has 2 fully saturated rings. The second-order valence-corrected chi connectivity index (χ2v) is 11.4. The van der Waals surface area contributed by atoms with Crippen molar-refractivity contribution in [1.82, 2.24) is 4.57 Å². The van der Waals surface area contributed by atoms with Crippen molar-refractivity contribution in [3.8, 4) is 0 Å². The minimum absolute atomic E-state index is 0.0422. The van der Waals surface area contributed by atoms with E-state index in [1.807, 2.05) is 0 Å². The lowest BCUT2D eigenvalue weighted by molar-refractivity contribution is 0.193. The van der Waals surface area contributed by atoms with Crippen LogP contribution in [0.3, 0.4) is 0 Å². The number of halogens is 1. The number of fused-ring (bicyclic) bond motifs is 3. The van der Waals surface area contributed by atoms with E-state index in [0.717, 1.165) is 25.2 Å². The quantitative estimate of drug-likeness (QED) is 0.355. The Kier molecular flexibility index (Phi) is 6.07. The molecule has 3 unspecified atom stereocenters. The van der Waals surface area contributed by atoms with Gasteiger partial charge in [-0.3, -0.25) is 0 Å². The third kappa shape index (κ3) is 3.99. The smallest absolute Gasteiger partial charge is 0.103 e. The maximum atomic E-state index is 14.6. The maximum Gasteiger partial charge on any atom is 0.103 e. The molecule has 1 aromatic heterocycles. The number of benzene rings is 2. The van der Waals surface area contributed by atoms with E-state index < -0.39 is 6.17 Å². The van der Waals surface area contributed by atoms with Crippen LogP contribution in [0.4, 0.5) is 4.39 Å². The summed E-state index contributed by atoms with van der Waals surface area (Å²) in [4.78, 5) is 0. The number of alkyl halides is 1. The molecule has 172 valence electrons. The highest BCUT2D eigenvalue weighted by molar-refractivity contribution is 6.08. The monoisotopic (exact) mass is 433 g/mol. The Morgan fingerprint density at radius 3 is 2.34 bits per heavy atom. The predicted octanol–water partition coefficient (Wildman–Crippen LogP) is 9.13. The number of rotatable bonds is 2. The number of hydrogen-bond donors (Lipinski definition) is 0. The molecule has 2 aliphatic carbocycles. The van der Waals surface area contributed by atoms with Gasteiger partial charge in [0.15, 0.2) is 0 Å². The molecule has 2 aromatic carbocycles. The average molecular weight is 434 g/mol. The van der Waals surface area contributed by atoms with Crippen LogP contribution in [-0.2, 0) is 5.54 Å². The molecule has 5 rings (SSSR count). The molecule has 0 N–H and O–H groups in total. The Balaban J connectivity index is 1.60. The summed E-state index contributed by atoms with van der Waals surface area (Å²) in [6.45, 7) is 6.90. The molecule has 0 bridgehead atoms. The molecule has 0 saturated heterocycles. The number of aromatic nitrogens is 1. The fraction of sp³-hybridized carbons (Fsp3) is 0.600. The van der Waals surface area contributed by atoms with Crippen molar-refractivity contribution in [1.29, 1.82) is 0 Å². The third-order valence-corrected chi connectivity index (χ3v) is 8.78. The maximum absolute atomic E-state index is 14.6. The lowest BCUT2D eigenvalue weighted by Gasteiger charge is -2.34. The van der Waals surface area contributed by atoms with Gasteiger partial charge in [-0.15, -0.1) is 0 Å². The Bertz CT molecular complexity index is 1070. The van der Waals surface area contributed by atoms with Crippen molar-refractivity contribution in [3.63, 3.8) is 0 Å². The molecule has 1 heterocycles. The summed E-state index contributed by atoms with van der Waals surface area (Å²) in [6, 6.07) is 16.2. The van der Waals surface area contributed by atoms with E-state index >= 15 is 0 Å². The van der Waals surface area contributed by atoms with Gasteiger partial charge in [0.1, 0.15) is 6.17 Å². The Hall–Kier alpha value is -1.83. The fourth-order valence-corrected chi connectivity index (χ4v) is 6.96. The Labute approximate surface area is 193 Å². The van der Waals surface area contributed by atoms with Crippen LogP contribution in [0.2, 0.25) is 0 Å². The van der Waals surface area contributed by atoms with E-state index in [9.17, 15) is 4.39 Å². The van der Waals surface area contributed by atoms with Gasteiger partial charge < -0.3 is 4.57 Å². The third-order valence-electron chi connectivity index (χ3n) is 8.78. The average Bonchev–Trinajstić information content (AvgIpc) is 3.03. The van der Waals surface area contributed by atoms with Crippen molar-refractivity contribution in [2.24, 2.45) is 11.8 Å². The van der Waals surface area contributed by atoms with Gasteiger partial charge in [-0.05, 0) is 87.0 Å². The first-order chi connectivity index (χ1) is 15.5. The van der Waals surface area contributed by atoms with E-state index in [2.05, 4.69) is 67.8 Å².